The first kappa shape index (κ1) is 16.7. The van der Waals surface area contributed by atoms with E-state index in [1.807, 2.05) is 42.5 Å². The van der Waals surface area contributed by atoms with Gasteiger partial charge in [0.2, 0.25) is 5.91 Å². The summed E-state index contributed by atoms with van der Waals surface area (Å²) >= 11 is 0. The molecule has 1 saturated heterocycles. The van der Waals surface area contributed by atoms with E-state index in [-0.39, 0.29) is 29.9 Å². The molecule has 1 fully saturated rings. The Hall–Kier alpha value is -2.14. The molecule has 1 aliphatic rings. The maximum absolute atomic E-state index is 12.7. The normalized spacial score (nSPS) is 19.2. The molecule has 5 heteroatoms. The molecule has 0 aliphatic carbocycles. The SMILES string of the molecule is C=CCN(C(=O)Cc1ccc2ccccc2c1)C1CCS(=O)(=O)C1. The fourth-order valence-corrected chi connectivity index (χ4v) is 4.97. The Morgan fingerprint density at radius 3 is 2.62 bits per heavy atom. The van der Waals surface area contributed by atoms with E-state index in [4.69, 9.17) is 0 Å². The molecule has 0 spiro atoms. The maximum Gasteiger partial charge on any atom is 0.227 e. The Morgan fingerprint density at radius 2 is 1.96 bits per heavy atom. The second-order valence-electron chi connectivity index (χ2n) is 6.25. The van der Waals surface area contributed by atoms with E-state index < -0.39 is 9.84 Å². The predicted molar refractivity (Wildman–Crippen MR) is 96.6 cm³/mol. The minimum Gasteiger partial charge on any atom is -0.335 e. The summed E-state index contributed by atoms with van der Waals surface area (Å²) in [5.41, 5.74) is 0.939. The highest BCUT2D eigenvalue weighted by molar-refractivity contribution is 7.91. The second-order valence-corrected chi connectivity index (χ2v) is 8.48. The highest BCUT2D eigenvalue weighted by atomic mass is 32.2. The molecule has 1 atom stereocenters. The van der Waals surface area contributed by atoms with Crippen molar-refractivity contribution >= 4 is 26.5 Å². The first-order chi connectivity index (χ1) is 11.5. The molecule has 4 nitrogen and oxygen atoms in total. The van der Waals surface area contributed by atoms with Gasteiger partial charge in [-0.1, -0.05) is 48.5 Å². The molecule has 0 aromatic heterocycles. The highest BCUT2D eigenvalue weighted by Gasteiger charge is 2.33. The van der Waals surface area contributed by atoms with Gasteiger partial charge in [0.25, 0.3) is 0 Å². The van der Waals surface area contributed by atoms with Crippen LogP contribution in [0.3, 0.4) is 0 Å². The summed E-state index contributed by atoms with van der Waals surface area (Å²) in [5.74, 6) is 0.172. The van der Waals surface area contributed by atoms with Crippen LogP contribution in [0.1, 0.15) is 12.0 Å². The van der Waals surface area contributed by atoms with Gasteiger partial charge in [-0.3, -0.25) is 4.79 Å². The summed E-state index contributed by atoms with van der Waals surface area (Å²) in [7, 11) is -3.02. The minimum atomic E-state index is -3.02. The van der Waals surface area contributed by atoms with Crippen LogP contribution in [0.4, 0.5) is 0 Å². The van der Waals surface area contributed by atoms with E-state index >= 15 is 0 Å². The molecule has 2 aromatic rings. The van der Waals surface area contributed by atoms with Gasteiger partial charge in [0.15, 0.2) is 9.84 Å². The summed E-state index contributed by atoms with van der Waals surface area (Å²) in [6.45, 7) is 4.08. The zero-order valence-corrected chi connectivity index (χ0v) is 14.3. The number of rotatable bonds is 5. The molecule has 1 unspecified atom stereocenters. The van der Waals surface area contributed by atoms with Crippen molar-refractivity contribution in [3.8, 4) is 0 Å². The lowest BCUT2D eigenvalue weighted by atomic mass is 10.0. The number of benzene rings is 2. The van der Waals surface area contributed by atoms with Gasteiger partial charge in [0, 0.05) is 12.6 Å². The number of carbonyl (C=O) groups is 1. The van der Waals surface area contributed by atoms with Crippen LogP contribution in [-0.4, -0.2) is 43.3 Å². The first-order valence-electron chi connectivity index (χ1n) is 8.07. The molecule has 1 heterocycles. The lowest BCUT2D eigenvalue weighted by Crippen LogP contribution is -2.42. The fraction of sp³-hybridized carbons (Fsp3) is 0.316. The fourth-order valence-electron chi connectivity index (χ4n) is 3.24. The van der Waals surface area contributed by atoms with Crippen molar-refractivity contribution < 1.29 is 13.2 Å². The highest BCUT2D eigenvalue weighted by Crippen LogP contribution is 2.20. The Kier molecular flexibility index (Phi) is 4.71. The van der Waals surface area contributed by atoms with Gasteiger partial charge >= 0.3 is 0 Å². The van der Waals surface area contributed by atoms with E-state index in [1.165, 1.54) is 0 Å². The summed E-state index contributed by atoms with van der Waals surface area (Å²) < 4.78 is 23.4. The molecule has 1 amide bonds. The Bertz CT molecular complexity index is 873. The van der Waals surface area contributed by atoms with Crippen molar-refractivity contribution in [2.45, 2.75) is 18.9 Å². The monoisotopic (exact) mass is 343 g/mol. The topological polar surface area (TPSA) is 54.5 Å². The van der Waals surface area contributed by atoms with Gasteiger partial charge in [-0.15, -0.1) is 6.58 Å². The third-order valence-corrected chi connectivity index (χ3v) is 6.21. The lowest BCUT2D eigenvalue weighted by Gasteiger charge is -2.27. The largest absolute Gasteiger partial charge is 0.335 e. The molecule has 0 bridgehead atoms. The van der Waals surface area contributed by atoms with E-state index in [0.717, 1.165) is 16.3 Å². The molecule has 0 radical (unpaired) electrons. The summed E-state index contributed by atoms with van der Waals surface area (Å²) in [4.78, 5) is 14.4. The Labute approximate surface area is 142 Å². The van der Waals surface area contributed by atoms with Gasteiger partial charge < -0.3 is 4.90 Å². The van der Waals surface area contributed by atoms with Crippen LogP contribution in [-0.2, 0) is 21.1 Å². The van der Waals surface area contributed by atoms with Crippen LogP contribution in [0.5, 0.6) is 0 Å². The number of sulfone groups is 1. The third kappa shape index (κ3) is 3.67. The van der Waals surface area contributed by atoms with Gasteiger partial charge in [-0.05, 0) is 22.8 Å². The molecule has 126 valence electrons. The average Bonchev–Trinajstić information content (AvgIpc) is 2.92. The van der Waals surface area contributed by atoms with Crippen LogP contribution in [0.15, 0.2) is 55.1 Å². The number of nitrogens with zero attached hydrogens (tertiary/aromatic N) is 1. The van der Waals surface area contributed by atoms with Gasteiger partial charge in [0.1, 0.15) is 0 Å². The predicted octanol–water partition coefficient (Wildman–Crippen LogP) is 2.58. The van der Waals surface area contributed by atoms with Crippen LogP contribution < -0.4 is 0 Å². The third-order valence-electron chi connectivity index (χ3n) is 4.46. The number of carbonyl (C=O) groups excluding carboxylic acids is 1. The standard InChI is InChI=1S/C19H21NO3S/c1-2-10-20(18-9-11-24(22,23)14-18)19(21)13-15-7-8-16-5-3-4-6-17(16)12-15/h2-8,12,18H,1,9-11,13-14H2. The minimum absolute atomic E-state index is 0.0488. The van der Waals surface area contributed by atoms with Crippen molar-refractivity contribution in [3.05, 3.63) is 60.7 Å². The van der Waals surface area contributed by atoms with Crippen molar-refractivity contribution in [2.24, 2.45) is 0 Å². The first-order valence-corrected chi connectivity index (χ1v) is 9.89. The summed E-state index contributed by atoms with van der Waals surface area (Å²) in [6, 6.07) is 13.8. The molecular weight excluding hydrogens is 322 g/mol. The van der Waals surface area contributed by atoms with E-state index in [9.17, 15) is 13.2 Å². The van der Waals surface area contributed by atoms with Crippen LogP contribution in [0.25, 0.3) is 10.8 Å². The van der Waals surface area contributed by atoms with E-state index in [1.54, 1.807) is 11.0 Å². The van der Waals surface area contributed by atoms with Gasteiger partial charge in [-0.25, -0.2) is 8.42 Å². The molecule has 0 saturated carbocycles. The summed E-state index contributed by atoms with van der Waals surface area (Å²) in [5, 5.41) is 2.24. The molecule has 2 aromatic carbocycles. The summed E-state index contributed by atoms with van der Waals surface area (Å²) in [6.07, 6.45) is 2.44. The van der Waals surface area contributed by atoms with Crippen molar-refractivity contribution in [3.63, 3.8) is 0 Å². The van der Waals surface area contributed by atoms with Crippen molar-refractivity contribution in [1.82, 2.24) is 4.90 Å². The van der Waals surface area contributed by atoms with E-state index in [2.05, 4.69) is 6.58 Å². The smallest absolute Gasteiger partial charge is 0.227 e. The Balaban J connectivity index is 1.78. The van der Waals surface area contributed by atoms with Crippen LogP contribution in [0, 0.1) is 0 Å². The number of hydrogen-bond acceptors (Lipinski definition) is 3. The lowest BCUT2D eigenvalue weighted by molar-refractivity contribution is -0.131. The molecule has 1 aliphatic heterocycles. The van der Waals surface area contributed by atoms with Crippen molar-refractivity contribution in [2.75, 3.05) is 18.1 Å². The van der Waals surface area contributed by atoms with Gasteiger partial charge in [0.05, 0.1) is 17.9 Å². The zero-order chi connectivity index (χ0) is 17.2. The molecule has 0 N–H and O–H groups in total. The maximum atomic E-state index is 12.7. The second kappa shape index (κ2) is 6.77. The molecule has 24 heavy (non-hydrogen) atoms. The molecule has 3 rings (SSSR count). The van der Waals surface area contributed by atoms with Crippen molar-refractivity contribution in [1.29, 1.82) is 0 Å². The van der Waals surface area contributed by atoms with Crippen LogP contribution >= 0.6 is 0 Å². The number of fused-ring (bicyclic) bond motifs is 1. The average molecular weight is 343 g/mol. The van der Waals surface area contributed by atoms with Crippen LogP contribution in [0.2, 0.25) is 0 Å². The molecular formula is C19H21NO3S. The number of hydrogen-bond donors (Lipinski definition) is 0. The van der Waals surface area contributed by atoms with Gasteiger partial charge in [-0.2, -0.15) is 0 Å². The zero-order valence-electron chi connectivity index (χ0n) is 13.5. The number of amides is 1. The quantitative estimate of drug-likeness (QED) is 0.784. The Morgan fingerprint density at radius 1 is 1.21 bits per heavy atom. The van der Waals surface area contributed by atoms with E-state index in [0.29, 0.717) is 13.0 Å².